The van der Waals surface area contributed by atoms with Gasteiger partial charge in [0.05, 0.1) is 18.3 Å². The average Bonchev–Trinajstić information content (AvgIpc) is 3.41. The molecule has 140 valence electrons. The van der Waals surface area contributed by atoms with Crippen molar-refractivity contribution < 1.29 is 13.7 Å². The Bertz CT molecular complexity index is 914. The molecule has 0 radical (unpaired) electrons. The van der Waals surface area contributed by atoms with Crippen molar-refractivity contribution in [2.45, 2.75) is 39.3 Å². The fraction of sp³-hybridized carbons (Fsp3) is 0.368. The van der Waals surface area contributed by atoms with Gasteiger partial charge < -0.3 is 19.2 Å². The third-order valence-corrected chi connectivity index (χ3v) is 4.81. The number of urea groups is 1. The van der Waals surface area contributed by atoms with Gasteiger partial charge in [-0.25, -0.2) is 4.79 Å². The fourth-order valence-electron chi connectivity index (χ4n) is 3.55. The van der Waals surface area contributed by atoms with Gasteiger partial charge in [-0.1, -0.05) is 23.4 Å². The molecule has 1 N–H and O–H groups in total. The minimum absolute atomic E-state index is 0.0150. The molecule has 0 aliphatic carbocycles. The quantitative estimate of drug-likeness (QED) is 0.759. The molecule has 27 heavy (non-hydrogen) atoms. The number of rotatable bonds is 4. The Balaban J connectivity index is 1.41. The fourth-order valence-corrected chi connectivity index (χ4v) is 3.55. The van der Waals surface area contributed by atoms with Gasteiger partial charge in [0.1, 0.15) is 5.76 Å². The van der Waals surface area contributed by atoms with Crippen LogP contribution in [0.1, 0.15) is 41.8 Å². The van der Waals surface area contributed by atoms with Crippen LogP contribution in [0.15, 0.2) is 39.3 Å². The van der Waals surface area contributed by atoms with E-state index in [4.69, 9.17) is 8.94 Å². The molecule has 1 saturated heterocycles. The maximum atomic E-state index is 12.7. The number of nitrogens with one attached hydrogen (secondary N) is 1. The van der Waals surface area contributed by atoms with Gasteiger partial charge in [-0.2, -0.15) is 0 Å². The van der Waals surface area contributed by atoms with Gasteiger partial charge in [-0.15, -0.1) is 10.2 Å². The maximum absolute atomic E-state index is 12.7. The van der Waals surface area contributed by atoms with Crippen molar-refractivity contribution in [3.63, 3.8) is 0 Å². The van der Waals surface area contributed by atoms with E-state index in [1.165, 1.54) is 0 Å². The molecule has 1 fully saturated rings. The highest BCUT2D eigenvalue weighted by atomic mass is 16.5. The first-order valence-electron chi connectivity index (χ1n) is 8.98. The molecule has 1 aliphatic heterocycles. The molecule has 2 aromatic heterocycles. The second kappa shape index (κ2) is 7.22. The van der Waals surface area contributed by atoms with Crippen LogP contribution in [0.3, 0.4) is 0 Å². The number of aryl methyl sites for hydroxylation is 2. The molecular formula is C19H21N5O3. The average molecular weight is 367 g/mol. The topological polar surface area (TPSA) is 97.3 Å². The molecule has 0 bridgehead atoms. The molecule has 8 nitrogen and oxygen atoms in total. The normalized spacial score (nSPS) is 16.7. The summed E-state index contributed by atoms with van der Waals surface area (Å²) in [6, 6.07) is 9.36. The summed E-state index contributed by atoms with van der Waals surface area (Å²) in [5.41, 5.74) is 2.69. The third-order valence-electron chi connectivity index (χ3n) is 4.81. The zero-order valence-corrected chi connectivity index (χ0v) is 15.3. The van der Waals surface area contributed by atoms with E-state index in [2.05, 4.69) is 20.7 Å². The Morgan fingerprint density at radius 3 is 2.81 bits per heavy atom. The molecule has 8 heteroatoms. The Morgan fingerprint density at radius 1 is 1.26 bits per heavy atom. The Kier molecular flexibility index (Phi) is 4.62. The van der Waals surface area contributed by atoms with Gasteiger partial charge in [0.2, 0.25) is 11.8 Å². The smallest absolute Gasteiger partial charge is 0.318 e. The predicted molar refractivity (Wildman–Crippen MR) is 96.6 cm³/mol. The zero-order chi connectivity index (χ0) is 18.8. The highest BCUT2D eigenvalue weighted by Gasteiger charge is 2.33. The minimum Gasteiger partial charge on any atom is -0.419 e. The maximum Gasteiger partial charge on any atom is 0.318 e. The molecule has 3 heterocycles. The van der Waals surface area contributed by atoms with Crippen molar-refractivity contribution in [3.8, 4) is 11.5 Å². The van der Waals surface area contributed by atoms with Crippen molar-refractivity contribution >= 4 is 6.03 Å². The number of hydrogen-bond acceptors (Lipinski definition) is 6. The standard InChI is InChI=1S/C19H21N5O3/c1-12-17(13(2)27-23-12)15-9-6-10-24(15)19(25)20-11-16-21-22-18(26-16)14-7-4-3-5-8-14/h3-5,7-8,15H,6,9-11H2,1-2H3,(H,20,25). The first-order chi connectivity index (χ1) is 13.1. The number of amides is 2. The number of aromatic nitrogens is 3. The van der Waals surface area contributed by atoms with Crippen LogP contribution >= 0.6 is 0 Å². The lowest BCUT2D eigenvalue weighted by Crippen LogP contribution is -2.39. The van der Waals surface area contributed by atoms with Gasteiger partial charge in [0, 0.05) is 17.7 Å². The highest BCUT2D eigenvalue weighted by Crippen LogP contribution is 2.35. The SMILES string of the molecule is Cc1noc(C)c1C1CCCN1C(=O)NCc1nnc(-c2ccccc2)o1. The van der Waals surface area contributed by atoms with Crippen LogP contribution in [0.5, 0.6) is 0 Å². The predicted octanol–water partition coefficient (Wildman–Crippen LogP) is 3.39. The van der Waals surface area contributed by atoms with Crippen LogP contribution in [-0.2, 0) is 6.54 Å². The number of likely N-dealkylation sites (tertiary alicyclic amines) is 1. The van der Waals surface area contributed by atoms with E-state index in [-0.39, 0.29) is 18.6 Å². The Hall–Kier alpha value is -3.16. The summed E-state index contributed by atoms with van der Waals surface area (Å²) in [7, 11) is 0. The van der Waals surface area contributed by atoms with Crippen molar-refractivity contribution in [1.82, 2.24) is 25.6 Å². The third kappa shape index (κ3) is 3.42. The number of hydrogen-bond donors (Lipinski definition) is 1. The van der Waals surface area contributed by atoms with Crippen molar-refractivity contribution in [1.29, 1.82) is 0 Å². The summed E-state index contributed by atoms with van der Waals surface area (Å²) in [4.78, 5) is 14.5. The summed E-state index contributed by atoms with van der Waals surface area (Å²) in [6.45, 7) is 4.67. The van der Waals surface area contributed by atoms with Crippen LogP contribution in [-0.4, -0.2) is 32.8 Å². The van der Waals surface area contributed by atoms with Crippen LogP contribution in [0.4, 0.5) is 4.79 Å². The van der Waals surface area contributed by atoms with Crippen molar-refractivity contribution in [3.05, 3.63) is 53.2 Å². The monoisotopic (exact) mass is 367 g/mol. The molecule has 1 unspecified atom stereocenters. The lowest BCUT2D eigenvalue weighted by Gasteiger charge is -2.24. The molecule has 4 rings (SSSR count). The molecule has 1 aliphatic rings. The van der Waals surface area contributed by atoms with Crippen molar-refractivity contribution in [2.75, 3.05) is 6.54 Å². The number of benzene rings is 1. The largest absolute Gasteiger partial charge is 0.419 e. The molecule has 1 aromatic carbocycles. The van der Waals surface area contributed by atoms with Gasteiger partial charge in [0.25, 0.3) is 0 Å². The van der Waals surface area contributed by atoms with Crippen LogP contribution < -0.4 is 5.32 Å². The van der Waals surface area contributed by atoms with Crippen LogP contribution in [0.25, 0.3) is 11.5 Å². The van der Waals surface area contributed by atoms with E-state index < -0.39 is 0 Å². The molecule has 0 spiro atoms. The number of nitrogens with zero attached hydrogens (tertiary/aromatic N) is 4. The summed E-state index contributed by atoms with van der Waals surface area (Å²) in [5.74, 6) is 1.58. The van der Waals surface area contributed by atoms with E-state index in [0.29, 0.717) is 18.3 Å². The first kappa shape index (κ1) is 17.3. The summed E-state index contributed by atoms with van der Waals surface area (Å²) >= 11 is 0. The summed E-state index contributed by atoms with van der Waals surface area (Å²) in [6.07, 6.45) is 1.84. The van der Waals surface area contributed by atoms with E-state index >= 15 is 0 Å². The van der Waals surface area contributed by atoms with Gasteiger partial charge >= 0.3 is 6.03 Å². The second-order valence-electron chi connectivity index (χ2n) is 6.61. The van der Waals surface area contributed by atoms with Crippen LogP contribution in [0.2, 0.25) is 0 Å². The van der Waals surface area contributed by atoms with E-state index in [0.717, 1.165) is 35.4 Å². The molecule has 1 atom stereocenters. The number of carbonyl (C=O) groups excluding carboxylic acids is 1. The van der Waals surface area contributed by atoms with Gasteiger partial charge in [-0.3, -0.25) is 0 Å². The highest BCUT2D eigenvalue weighted by molar-refractivity contribution is 5.75. The molecule has 2 amide bonds. The van der Waals surface area contributed by atoms with Crippen LogP contribution in [0, 0.1) is 13.8 Å². The van der Waals surface area contributed by atoms with Crippen molar-refractivity contribution in [2.24, 2.45) is 0 Å². The van der Waals surface area contributed by atoms with E-state index in [1.807, 2.05) is 49.1 Å². The Labute approximate surface area is 156 Å². The van der Waals surface area contributed by atoms with Gasteiger partial charge in [0.15, 0.2) is 0 Å². The lowest BCUT2D eigenvalue weighted by atomic mass is 10.0. The van der Waals surface area contributed by atoms with E-state index in [9.17, 15) is 4.79 Å². The second-order valence-corrected chi connectivity index (χ2v) is 6.61. The first-order valence-corrected chi connectivity index (χ1v) is 8.98. The lowest BCUT2D eigenvalue weighted by molar-refractivity contribution is 0.191. The number of carbonyl (C=O) groups is 1. The zero-order valence-electron chi connectivity index (χ0n) is 15.3. The molecule has 0 saturated carbocycles. The Morgan fingerprint density at radius 2 is 2.07 bits per heavy atom. The summed E-state index contributed by atoms with van der Waals surface area (Å²) in [5, 5.41) is 14.9. The molecular weight excluding hydrogens is 346 g/mol. The minimum atomic E-state index is -0.156. The summed E-state index contributed by atoms with van der Waals surface area (Å²) < 4.78 is 10.9. The molecule has 3 aromatic rings. The van der Waals surface area contributed by atoms with Gasteiger partial charge in [-0.05, 0) is 38.8 Å². The van der Waals surface area contributed by atoms with E-state index in [1.54, 1.807) is 0 Å².